The number of rotatable bonds is 8. The number of pyridine rings is 1. The minimum absolute atomic E-state index is 0.141. The molecule has 1 aliphatic heterocycles. The number of esters is 1. The number of carbonyl (C=O) groups excluding carboxylic acids is 3. The predicted octanol–water partition coefficient (Wildman–Crippen LogP) is 4.18. The molecule has 41 heavy (non-hydrogen) atoms. The number of ether oxygens (including phenoxy) is 2. The molecule has 1 fully saturated rings. The van der Waals surface area contributed by atoms with Gasteiger partial charge in [0.15, 0.2) is 0 Å². The highest BCUT2D eigenvalue weighted by Gasteiger charge is 2.27. The Bertz CT molecular complexity index is 1470. The number of nitrogens with zero attached hydrogens (tertiary/aromatic N) is 2. The number of benzene rings is 2. The molecule has 2 aromatic carbocycles. The summed E-state index contributed by atoms with van der Waals surface area (Å²) in [4.78, 5) is 44.3. The first-order valence-corrected chi connectivity index (χ1v) is 13.2. The van der Waals surface area contributed by atoms with Gasteiger partial charge in [0, 0.05) is 36.0 Å². The van der Waals surface area contributed by atoms with Crippen LogP contribution >= 0.6 is 0 Å². The van der Waals surface area contributed by atoms with Crippen molar-refractivity contribution in [3.8, 4) is 18.1 Å². The maximum atomic E-state index is 13.2. The molecule has 0 aliphatic carbocycles. The number of hydrogen-bond donors (Lipinski definition) is 3. The van der Waals surface area contributed by atoms with Crippen LogP contribution in [-0.4, -0.2) is 60.3 Å². The number of aromatic nitrogens is 1. The Morgan fingerprint density at radius 3 is 2.34 bits per heavy atom. The fourth-order valence-corrected chi connectivity index (χ4v) is 4.50. The van der Waals surface area contributed by atoms with Gasteiger partial charge in [0.2, 0.25) is 0 Å². The number of hydrogen-bond acceptors (Lipinski definition) is 7. The van der Waals surface area contributed by atoms with Gasteiger partial charge in [-0.3, -0.25) is 19.8 Å². The topological polar surface area (TPSA) is 134 Å². The van der Waals surface area contributed by atoms with Gasteiger partial charge in [0.05, 0.1) is 30.9 Å². The number of likely N-dealkylation sites (tertiary alicyclic amines) is 1. The molecule has 210 valence electrons. The van der Waals surface area contributed by atoms with E-state index < -0.39 is 11.8 Å². The average molecular weight is 554 g/mol. The van der Waals surface area contributed by atoms with Crippen LogP contribution in [0.1, 0.15) is 51.6 Å². The summed E-state index contributed by atoms with van der Waals surface area (Å²) in [6.07, 6.45) is 8.09. The smallest absolute Gasteiger partial charge is 0.309 e. The van der Waals surface area contributed by atoms with Gasteiger partial charge < -0.3 is 25.0 Å². The second-order valence-electron chi connectivity index (χ2n) is 9.31. The zero-order valence-corrected chi connectivity index (χ0v) is 22.9. The number of nitrogens with one attached hydrogen (secondary N) is 3. The third-order valence-electron chi connectivity index (χ3n) is 6.75. The van der Waals surface area contributed by atoms with E-state index in [4.69, 9.17) is 21.3 Å². The standard InChI is InChI=1S/C31H31N5O5/c1-4-20-9-14-26(33-19-20)34-30(38)24-7-6-8-25(40-3)27(24)35-29(37)22-12-10-21(11-13-22)28(32)36-17-15-23(16-18-36)31(39)41-5-2/h1,6-14,19,23,32H,5,15-18H2,2-3H3,(H,35,37)(H,33,34,38). The minimum Gasteiger partial charge on any atom is -0.495 e. The van der Waals surface area contributed by atoms with Crippen molar-refractivity contribution in [2.45, 2.75) is 19.8 Å². The van der Waals surface area contributed by atoms with Crippen molar-refractivity contribution in [3.63, 3.8) is 0 Å². The summed E-state index contributed by atoms with van der Waals surface area (Å²) in [5, 5.41) is 14.1. The SMILES string of the molecule is C#Cc1ccc(NC(=O)c2cccc(OC)c2NC(=O)c2ccc(C(=N)N3CCC(C(=O)OCC)CC3)cc2)nc1. The Morgan fingerprint density at radius 1 is 1.02 bits per heavy atom. The molecule has 0 spiro atoms. The van der Waals surface area contributed by atoms with Gasteiger partial charge in [-0.05, 0) is 56.2 Å². The molecule has 2 amide bonds. The summed E-state index contributed by atoms with van der Waals surface area (Å²) in [6.45, 7) is 3.30. The number of methoxy groups -OCH3 is 1. The molecular formula is C31H31N5O5. The van der Waals surface area contributed by atoms with Crippen LogP contribution in [0.5, 0.6) is 5.75 Å². The van der Waals surface area contributed by atoms with Crippen LogP contribution in [0.15, 0.2) is 60.8 Å². The lowest BCUT2D eigenvalue weighted by Crippen LogP contribution is -2.40. The van der Waals surface area contributed by atoms with E-state index in [1.807, 2.05) is 4.90 Å². The van der Waals surface area contributed by atoms with Crippen LogP contribution in [0.2, 0.25) is 0 Å². The molecule has 0 atom stereocenters. The first-order chi connectivity index (χ1) is 19.8. The molecule has 10 nitrogen and oxygen atoms in total. The molecule has 2 heterocycles. The van der Waals surface area contributed by atoms with E-state index >= 15 is 0 Å². The summed E-state index contributed by atoms with van der Waals surface area (Å²) in [5.74, 6) is 2.14. The van der Waals surface area contributed by atoms with Crippen molar-refractivity contribution in [1.82, 2.24) is 9.88 Å². The Labute approximate surface area is 238 Å². The summed E-state index contributed by atoms with van der Waals surface area (Å²) >= 11 is 0. The van der Waals surface area contributed by atoms with E-state index in [1.54, 1.807) is 61.5 Å². The average Bonchev–Trinajstić information content (AvgIpc) is 3.01. The van der Waals surface area contributed by atoms with Crippen molar-refractivity contribution >= 4 is 35.1 Å². The zero-order chi connectivity index (χ0) is 29.4. The summed E-state index contributed by atoms with van der Waals surface area (Å²) < 4.78 is 10.5. The van der Waals surface area contributed by atoms with Crippen molar-refractivity contribution in [2.24, 2.45) is 5.92 Å². The Hall–Kier alpha value is -5.17. The first-order valence-electron chi connectivity index (χ1n) is 13.2. The van der Waals surface area contributed by atoms with Gasteiger partial charge in [0.1, 0.15) is 17.4 Å². The highest BCUT2D eigenvalue weighted by atomic mass is 16.5. The quantitative estimate of drug-likeness (QED) is 0.165. The van der Waals surface area contributed by atoms with E-state index in [9.17, 15) is 14.4 Å². The fourth-order valence-electron chi connectivity index (χ4n) is 4.50. The van der Waals surface area contributed by atoms with Crippen LogP contribution in [-0.2, 0) is 9.53 Å². The van der Waals surface area contributed by atoms with E-state index in [0.29, 0.717) is 66.6 Å². The molecule has 0 unspecified atom stereocenters. The van der Waals surface area contributed by atoms with E-state index in [0.717, 1.165) is 0 Å². The van der Waals surface area contributed by atoms with Gasteiger partial charge in [0.25, 0.3) is 11.8 Å². The van der Waals surface area contributed by atoms with Gasteiger partial charge in [-0.1, -0.05) is 24.1 Å². The monoisotopic (exact) mass is 553 g/mol. The number of terminal acetylenes is 1. The number of para-hydroxylation sites is 1. The summed E-state index contributed by atoms with van der Waals surface area (Å²) in [7, 11) is 1.45. The van der Waals surface area contributed by atoms with Crippen LogP contribution in [0, 0.1) is 23.7 Å². The molecule has 10 heteroatoms. The molecule has 3 N–H and O–H groups in total. The molecule has 0 bridgehead atoms. The Kier molecular flexibility index (Phi) is 9.32. The highest BCUT2D eigenvalue weighted by Crippen LogP contribution is 2.30. The van der Waals surface area contributed by atoms with Crippen molar-refractivity contribution < 1.29 is 23.9 Å². The molecule has 3 aromatic rings. The van der Waals surface area contributed by atoms with Gasteiger partial charge in [-0.15, -0.1) is 6.42 Å². The van der Waals surface area contributed by atoms with Crippen LogP contribution < -0.4 is 15.4 Å². The van der Waals surface area contributed by atoms with Crippen LogP contribution in [0.25, 0.3) is 0 Å². The molecule has 1 aliphatic rings. The van der Waals surface area contributed by atoms with Gasteiger partial charge in [-0.2, -0.15) is 0 Å². The Morgan fingerprint density at radius 2 is 1.73 bits per heavy atom. The third kappa shape index (κ3) is 6.89. The van der Waals surface area contributed by atoms with E-state index in [1.165, 1.54) is 13.3 Å². The maximum absolute atomic E-state index is 13.2. The first kappa shape index (κ1) is 28.8. The number of piperidine rings is 1. The second kappa shape index (κ2) is 13.3. The fraction of sp³-hybridized carbons (Fsp3) is 0.258. The second-order valence-corrected chi connectivity index (χ2v) is 9.31. The van der Waals surface area contributed by atoms with Gasteiger partial charge >= 0.3 is 5.97 Å². The van der Waals surface area contributed by atoms with Gasteiger partial charge in [-0.25, -0.2) is 4.98 Å². The molecule has 4 rings (SSSR count). The summed E-state index contributed by atoms with van der Waals surface area (Å²) in [5.41, 5.74) is 1.96. The minimum atomic E-state index is -0.490. The number of amidine groups is 1. The molecule has 0 radical (unpaired) electrons. The lowest BCUT2D eigenvalue weighted by Gasteiger charge is -2.32. The molecular weight excluding hydrogens is 522 g/mol. The maximum Gasteiger partial charge on any atom is 0.309 e. The van der Waals surface area contributed by atoms with E-state index in [-0.39, 0.29) is 23.1 Å². The van der Waals surface area contributed by atoms with Crippen molar-refractivity contribution in [3.05, 3.63) is 83.0 Å². The molecule has 1 saturated heterocycles. The molecule has 1 aromatic heterocycles. The predicted molar refractivity (Wildman–Crippen MR) is 155 cm³/mol. The van der Waals surface area contributed by atoms with Crippen molar-refractivity contribution in [2.75, 3.05) is 37.4 Å². The highest BCUT2D eigenvalue weighted by molar-refractivity contribution is 6.13. The number of amides is 2. The largest absolute Gasteiger partial charge is 0.495 e. The Balaban J connectivity index is 1.44. The van der Waals surface area contributed by atoms with E-state index in [2.05, 4.69) is 21.5 Å². The third-order valence-corrected chi connectivity index (χ3v) is 6.75. The van der Waals surface area contributed by atoms with Crippen molar-refractivity contribution in [1.29, 1.82) is 5.41 Å². The van der Waals surface area contributed by atoms with Crippen LogP contribution in [0.3, 0.4) is 0 Å². The lowest BCUT2D eigenvalue weighted by molar-refractivity contribution is -0.149. The van der Waals surface area contributed by atoms with Crippen LogP contribution in [0.4, 0.5) is 11.5 Å². The molecule has 0 saturated carbocycles. The number of anilines is 2. The normalized spacial score (nSPS) is 13.0. The summed E-state index contributed by atoms with van der Waals surface area (Å²) in [6, 6.07) is 14.8. The number of carbonyl (C=O) groups is 3. The lowest BCUT2D eigenvalue weighted by atomic mass is 9.96. The zero-order valence-electron chi connectivity index (χ0n) is 22.9.